The molecule has 0 bridgehead atoms. The van der Waals surface area contributed by atoms with E-state index in [2.05, 4.69) is 48.5 Å². The lowest BCUT2D eigenvalue weighted by Gasteiger charge is -1.98. The first-order chi connectivity index (χ1) is 9.36. The van der Waals surface area contributed by atoms with Crippen LogP contribution in [0.15, 0.2) is 91.0 Å². The van der Waals surface area contributed by atoms with E-state index >= 15 is 0 Å². The van der Waals surface area contributed by atoms with Crippen molar-refractivity contribution in [1.82, 2.24) is 0 Å². The molecule has 0 spiro atoms. The van der Waals surface area contributed by atoms with Crippen molar-refractivity contribution in [2.75, 3.05) is 0 Å². The smallest absolute Gasteiger partial charge is 0.0405 e. The van der Waals surface area contributed by atoms with Crippen LogP contribution in [0.25, 0.3) is 11.1 Å². The Balaban J connectivity index is 0.000000216. The largest absolute Gasteiger partial charge is 0.0843 e. The molecule has 102 valence electrons. The second-order valence-electron chi connectivity index (χ2n) is 4.03. The van der Waals surface area contributed by atoms with Crippen molar-refractivity contribution in [2.45, 2.75) is 7.43 Å². The predicted molar refractivity (Wildman–Crippen MR) is 90.1 cm³/mol. The Hall–Kier alpha value is -2.05. The van der Waals surface area contributed by atoms with Crippen LogP contribution in [0.2, 0.25) is 5.02 Å². The lowest BCUT2D eigenvalue weighted by molar-refractivity contribution is 1.62. The van der Waals surface area contributed by atoms with E-state index < -0.39 is 0 Å². The van der Waals surface area contributed by atoms with Gasteiger partial charge >= 0.3 is 0 Å². The van der Waals surface area contributed by atoms with Crippen LogP contribution in [0.3, 0.4) is 0 Å². The van der Waals surface area contributed by atoms with E-state index in [0.717, 1.165) is 5.02 Å². The molecule has 0 nitrogen and oxygen atoms in total. The zero-order valence-electron chi connectivity index (χ0n) is 10.5. The zero-order valence-corrected chi connectivity index (χ0v) is 11.3. The second kappa shape index (κ2) is 8.95. The Bertz CT molecular complexity index is 536. The quantitative estimate of drug-likeness (QED) is 0.489. The molecule has 3 aromatic carbocycles. The summed E-state index contributed by atoms with van der Waals surface area (Å²) in [6.07, 6.45) is 0. The highest BCUT2D eigenvalue weighted by Crippen LogP contribution is 2.17. The molecule has 0 saturated heterocycles. The van der Waals surface area contributed by atoms with Gasteiger partial charge in [0.1, 0.15) is 0 Å². The Morgan fingerprint density at radius 3 is 1.00 bits per heavy atom. The summed E-state index contributed by atoms with van der Waals surface area (Å²) in [6.45, 7) is 0. The molecule has 0 amide bonds. The Morgan fingerprint density at radius 1 is 0.450 bits per heavy atom. The molecule has 3 aromatic rings. The van der Waals surface area contributed by atoms with Crippen molar-refractivity contribution in [1.29, 1.82) is 0 Å². The lowest BCUT2D eigenvalue weighted by Crippen LogP contribution is -1.73. The standard InChI is InChI=1S/C12H10.C6H5Cl.CH4/c1-3-7-11(8-4-1)12-9-5-2-6-10-12;7-6-4-2-1-3-5-6;/h1-10H;1-5H;1H4. The molecule has 0 aliphatic heterocycles. The van der Waals surface area contributed by atoms with Crippen molar-refractivity contribution in [3.63, 3.8) is 0 Å². The summed E-state index contributed by atoms with van der Waals surface area (Å²) in [5.41, 5.74) is 2.55. The molecule has 0 aromatic heterocycles. The average molecular weight is 283 g/mol. The van der Waals surface area contributed by atoms with Crippen molar-refractivity contribution in [2.24, 2.45) is 0 Å². The predicted octanol–water partition coefficient (Wildman–Crippen LogP) is 6.33. The molecule has 0 fully saturated rings. The van der Waals surface area contributed by atoms with Gasteiger partial charge < -0.3 is 0 Å². The third-order valence-corrected chi connectivity index (χ3v) is 2.87. The maximum absolute atomic E-state index is 5.54. The van der Waals surface area contributed by atoms with Crippen LogP contribution in [0, 0.1) is 0 Å². The summed E-state index contributed by atoms with van der Waals surface area (Å²) in [5, 5.41) is 0.794. The molecule has 3 rings (SSSR count). The van der Waals surface area contributed by atoms with Crippen molar-refractivity contribution in [3.05, 3.63) is 96.0 Å². The summed E-state index contributed by atoms with van der Waals surface area (Å²) in [4.78, 5) is 0. The first kappa shape index (κ1) is 16.0. The monoisotopic (exact) mass is 282 g/mol. The SMILES string of the molecule is C.Clc1ccccc1.c1ccc(-c2ccccc2)cc1. The summed E-state index contributed by atoms with van der Waals surface area (Å²) in [7, 11) is 0. The normalized spacial score (nSPS) is 8.85. The van der Waals surface area contributed by atoms with Crippen LogP contribution < -0.4 is 0 Å². The van der Waals surface area contributed by atoms with E-state index in [4.69, 9.17) is 11.6 Å². The molecular formula is C19H19Cl. The fraction of sp³-hybridized carbons (Fsp3) is 0.0526. The Kier molecular flexibility index (Phi) is 7.16. The van der Waals surface area contributed by atoms with E-state index in [1.807, 2.05) is 42.5 Å². The highest BCUT2D eigenvalue weighted by molar-refractivity contribution is 6.30. The molecule has 0 heterocycles. The third kappa shape index (κ3) is 5.29. The van der Waals surface area contributed by atoms with Gasteiger partial charge in [-0.05, 0) is 23.3 Å². The van der Waals surface area contributed by atoms with Crippen LogP contribution >= 0.6 is 11.6 Å². The van der Waals surface area contributed by atoms with Crippen molar-refractivity contribution in [3.8, 4) is 11.1 Å². The summed E-state index contributed by atoms with van der Waals surface area (Å²) in [5.74, 6) is 0. The third-order valence-electron chi connectivity index (χ3n) is 2.61. The topological polar surface area (TPSA) is 0 Å². The van der Waals surface area contributed by atoms with Crippen LogP contribution in [-0.4, -0.2) is 0 Å². The number of halogens is 1. The first-order valence-electron chi connectivity index (χ1n) is 6.17. The fourth-order valence-electron chi connectivity index (χ4n) is 1.68. The van der Waals surface area contributed by atoms with Gasteiger partial charge in [-0.25, -0.2) is 0 Å². The van der Waals surface area contributed by atoms with E-state index in [1.54, 1.807) is 0 Å². The number of benzene rings is 3. The van der Waals surface area contributed by atoms with Crippen molar-refractivity contribution >= 4 is 11.6 Å². The van der Waals surface area contributed by atoms with Crippen molar-refractivity contribution < 1.29 is 0 Å². The first-order valence-corrected chi connectivity index (χ1v) is 6.55. The average Bonchev–Trinajstić information content (AvgIpc) is 2.51. The zero-order chi connectivity index (χ0) is 13.3. The number of hydrogen-bond donors (Lipinski definition) is 0. The van der Waals surface area contributed by atoms with Crippen LogP contribution in [0.4, 0.5) is 0 Å². The van der Waals surface area contributed by atoms with E-state index in [9.17, 15) is 0 Å². The van der Waals surface area contributed by atoms with E-state index in [-0.39, 0.29) is 7.43 Å². The van der Waals surface area contributed by atoms with Gasteiger partial charge in [-0.1, -0.05) is 97.9 Å². The maximum atomic E-state index is 5.54. The van der Waals surface area contributed by atoms with Gasteiger partial charge in [0, 0.05) is 5.02 Å². The highest BCUT2D eigenvalue weighted by atomic mass is 35.5. The number of hydrogen-bond acceptors (Lipinski definition) is 0. The minimum atomic E-state index is 0. The summed E-state index contributed by atoms with van der Waals surface area (Å²) < 4.78 is 0. The number of rotatable bonds is 1. The minimum Gasteiger partial charge on any atom is -0.0843 e. The van der Waals surface area contributed by atoms with Gasteiger partial charge in [-0.3, -0.25) is 0 Å². The lowest BCUT2D eigenvalue weighted by atomic mass is 10.1. The highest BCUT2D eigenvalue weighted by Gasteiger charge is 1.91. The van der Waals surface area contributed by atoms with Crippen LogP contribution in [0.1, 0.15) is 7.43 Å². The van der Waals surface area contributed by atoms with Crippen LogP contribution in [-0.2, 0) is 0 Å². The molecule has 0 unspecified atom stereocenters. The van der Waals surface area contributed by atoms with Crippen LogP contribution in [0.5, 0.6) is 0 Å². The maximum Gasteiger partial charge on any atom is 0.0405 e. The molecule has 1 heteroatoms. The fourth-order valence-corrected chi connectivity index (χ4v) is 1.82. The van der Waals surface area contributed by atoms with Gasteiger partial charge in [-0.15, -0.1) is 0 Å². The molecule has 0 atom stereocenters. The van der Waals surface area contributed by atoms with E-state index in [0.29, 0.717) is 0 Å². The molecule has 0 N–H and O–H groups in total. The van der Waals surface area contributed by atoms with E-state index in [1.165, 1.54) is 11.1 Å². The van der Waals surface area contributed by atoms with Gasteiger partial charge in [0.15, 0.2) is 0 Å². The van der Waals surface area contributed by atoms with Gasteiger partial charge in [0.2, 0.25) is 0 Å². The Labute approximate surface area is 126 Å². The minimum absolute atomic E-state index is 0. The molecular weight excluding hydrogens is 264 g/mol. The molecule has 20 heavy (non-hydrogen) atoms. The Morgan fingerprint density at radius 2 is 0.750 bits per heavy atom. The summed E-state index contributed by atoms with van der Waals surface area (Å²) >= 11 is 5.54. The molecule has 0 radical (unpaired) electrons. The summed E-state index contributed by atoms with van der Waals surface area (Å²) in [6, 6.07) is 30.2. The van der Waals surface area contributed by atoms with Gasteiger partial charge in [0.05, 0.1) is 0 Å². The van der Waals surface area contributed by atoms with Gasteiger partial charge in [0.25, 0.3) is 0 Å². The second-order valence-corrected chi connectivity index (χ2v) is 4.46. The molecule has 0 aliphatic rings. The molecule has 0 aliphatic carbocycles. The molecule has 0 saturated carbocycles. The van der Waals surface area contributed by atoms with Gasteiger partial charge in [-0.2, -0.15) is 0 Å².